The molecule has 168 valence electrons. The predicted octanol–water partition coefficient (Wildman–Crippen LogP) is 1.54. The zero-order valence-corrected chi connectivity index (χ0v) is 17.9. The Morgan fingerprint density at radius 3 is 2.19 bits per heavy atom. The fourth-order valence-corrected chi connectivity index (χ4v) is 2.93. The molecule has 0 saturated carbocycles. The Morgan fingerprint density at radius 1 is 0.935 bits per heavy atom. The van der Waals surface area contributed by atoms with E-state index in [0.29, 0.717) is 25.3 Å². The summed E-state index contributed by atoms with van der Waals surface area (Å²) in [6, 6.07) is 12.9. The molecule has 10 nitrogen and oxygen atoms in total. The first-order valence-electron chi connectivity index (χ1n) is 9.60. The molecule has 0 bridgehead atoms. The number of hydrogen-bond acceptors (Lipinski definition) is 6. The van der Waals surface area contributed by atoms with Crippen molar-refractivity contribution in [3.05, 3.63) is 54.1 Å². The zero-order valence-electron chi connectivity index (χ0n) is 17.1. The molecule has 0 aliphatic carbocycles. The molecule has 0 unspecified atom stereocenters. The molecule has 0 aliphatic rings. The van der Waals surface area contributed by atoms with Gasteiger partial charge in [-0.3, -0.25) is 4.79 Å². The smallest absolute Gasteiger partial charge is 0.380 e. The van der Waals surface area contributed by atoms with Crippen LogP contribution in [0.1, 0.15) is 18.9 Å². The van der Waals surface area contributed by atoms with Gasteiger partial charge in [0.05, 0.1) is 6.61 Å². The number of carbonyl (C=O) groups is 2. The van der Waals surface area contributed by atoms with E-state index in [1.54, 1.807) is 36.4 Å². The number of rotatable bonds is 11. The van der Waals surface area contributed by atoms with Crippen molar-refractivity contribution in [1.82, 2.24) is 10.6 Å². The number of amides is 3. The molecule has 0 heterocycles. The third kappa shape index (κ3) is 9.83. The molecule has 0 spiro atoms. The first-order chi connectivity index (χ1) is 14.7. The lowest BCUT2D eigenvalue weighted by Gasteiger charge is -2.09. The second-order valence-electron chi connectivity index (χ2n) is 6.41. The van der Waals surface area contributed by atoms with Crippen LogP contribution in [0.3, 0.4) is 0 Å². The zero-order chi connectivity index (χ0) is 22.7. The molecular weight excluding hydrogens is 424 g/mol. The maximum absolute atomic E-state index is 11.9. The van der Waals surface area contributed by atoms with Gasteiger partial charge in [0.2, 0.25) is 5.91 Å². The van der Waals surface area contributed by atoms with Gasteiger partial charge in [-0.05, 0) is 55.3 Å². The van der Waals surface area contributed by atoms with E-state index in [4.69, 9.17) is 9.88 Å². The van der Waals surface area contributed by atoms with Gasteiger partial charge in [0.15, 0.2) is 0 Å². The van der Waals surface area contributed by atoms with Gasteiger partial charge >= 0.3 is 16.3 Å². The maximum atomic E-state index is 11.9. The molecule has 2 aromatic carbocycles. The summed E-state index contributed by atoms with van der Waals surface area (Å²) in [5.74, 6) is 0.637. The average molecular weight is 451 g/mol. The summed E-state index contributed by atoms with van der Waals surface area (Å²) in [6.07, 6.45) is 0.685. The van der Waals surface area contributed by atoms with Gasteiger partial charge in [-0.25, -0.2) is 4.79 Å². The summed E-state index contributed by atoms with van der Waals surface area (Å²) < 4.78 is 31.6. The molecule has 0 saturated heterocycles. The molecule has 0 radical (unpaired) electrons. The summed E-state index contributed by atoms with van der Waals surface area (Å²) in [7, 11) is -4.05. The lowest BCUT2D eigenvalue weighted by atomic mass is 10.1. The Labute approximate surface area is 181 Å². The van der Waals surface area contributed by atoms with Crippen LogP contribution in [0, 0.1) is 0 Å². The van der Waals surface area contributed by atoms with E-state index in [-0.39, 0.29) is 24.6 Å². The minimum Gasteiger partial charge on any atom is -0.494 e. The molecule has 31 heavy (non-hydrogen) atoms. The number of urea groups is 1. The quantitative estimate of drug-likeness (QED) is 0.408. The Hall–Kier alpha value is -3.31. The van der Waals surface area contributed by atoms with E-state index >= 15 is 0 Å². The van der Waals surface area contributed by atoms with Gasteiger partial charge in [0.1, 0.15) is 11.5 Å². The average Bonchev–Trinajstić information content (AvgIpc) is 2.70. The highest BCUT2D eigenvalue weighted by Crippen LogP contribution is 2.15. The maximum Gasteiger partial charge on any atom is 0.380 e. The highest BCUT2D eigenvalue weighted by Gasteiger charge is 2.06. The van der Waals surface area contributed by atoms with E-state index in [1.807, 2.05) is 6.92 Å². The highest BCUT2D eigenvalue weighted by atomic mass is 32.2. The van der Waals surface area contributed by atoms with Crippen LogP contribution in [0.25, 0.3) is 0 Å². The first-order valence-corrected chi connectivity index (χ1v) is 11.1. The van der Waals surface area contributed by atoms with E-state index in [0.717, 1.165) is 11.3 Å². The van der Waals surface area contributed by atoms with Gasteiger partial charge in [-0.15, -0.1) is 0 Å². The van der Waals surface area contributed by atoms with Crippen molar-refractivity contribution in [2.45, 2.75) is 19.8 Å². The molecule has 0 atom stereocenters. The minimum absolute atomic E-state index is 0.116. The summed E-state index contributed by atoms with van der Waals surface area (Å²) in [5.41, 5.74) is 1.50. The van der Waals surface area contributed by atoms with E-state index < -0.39 is 16.3 Å². The van der Waals surface area contributed by atoms with Crippen LogP contribution < -0.4 is 30.0 Å². The number of ether oxygens (including phenoxy) is 1. The first kappa shape index (κ1) is 24.0. The third-order valence-electron chi connectivity index (χ3n) is 3.93. The van der Waals surface area contributed by atoms with Crippen molar-refractivity contribution in [2.75, 3.05) is 25.0 Å². The van der Waals surface area contributed by atoms with Gasteiger partial charge in [-0.2, -0.15) is 13.6 Å². The summed E-state index contributed by atoms with van der Waals surface area (Å²) in [6.45, 7) is 3.04. The largest absolute Gasteiger partial charge is 0.494 e. The van der Waals surface area contributed by atoms with E-state index in [2.05, 4.69) is 20.1 Å². The Bertz CT molecular complexity index is 962. The third-order valence-corrected chi connectivity index (χ3v) is 4.36. The molecule has 2 aromatic rings. The standard InChI is InChI=1S/C20H26N4O6S/c1-2-29-17-9-5-16(6-10-17)24-20(26)23-14-12-19(25)22-13-11-15-3-7-18(8-4-15)30-31(21,27)28/h3-10H,2,11-14H2,1H3,(H,22,25)(H2,21,27,28)(H2,23,24,26). The van der Waals surface area contributed by atoms with Crippen LogP contribution in [-0.2, 0) is 21.5 Å². The predicted molar refractivity (Wildman–Crippen MR) is 116 cm³/mol. The second-order valence-corrected chi connectivity index (χ2v) is 7.56. The van der Waals surface area contributed by atoms with Crippen LogP contribution in [0.4, 0.5) is 10.5 Å². The van der Waals surface area contributed by atoms with Crippen molar-refractivity contribution in [1.29, 1.82) is 0 Å². The number of carbonyl (C=O) groups excluding carboxylic acids is 2. The molecular formula is C20H26N4O6S. The van der Waals surface area contributed by atoms with Crippen molar-refractivity contribution >= 4 is 27.9 Å². The molecule has 11 heteroatoms. The monoisotopic (exact) mass is 450 g/mol. The second kappa shape index (κ2) is 11.8. The fourth-order valence-electron chi connectivity index (χ4n) is 2.55. The number of hydrogen-bond donors (Lipinski definition) is 4. The molecule has 0 aromatic heterocycles. The lowest BCUT2D eigenvalue weighted by molar-refractivity contribution is -0.120. The molecule has 5 N–H and O–H groups in total. The normalized spacial score (nSPS) is 10.8. The van der Waals surface area contributed by atoms with Crippen LogP contribution >= 0.6 is 0 Å². The van der Waals surface area contributed by atoms with E-state index in [1.165, 1.54) is 12.1 Å². The van der Waals surface area contributed by atoms with Gasteiger partial charge in [0.25, 0.3) is 0 Å². The topological polar surface area (TPSA) is 149 Å². The number of nitrogens with one attached hydrogen (secondary N) is 3. The van der Waals surface area contributed by atoms with Gasteiger partial charge < -0.3 is 24.9 Å². The lowest BCUT2D eigenvalue weighted by Crippen LogP contribution is -2.33. The minimum atomic E-state index is -4.05. The highest BCUT2D eigenvalue weighted by molar-refractivity contribution is 7.84. The van der Waals surface area contributed by atoms with Crippen molar-refractivity contribution in [2.24, 2.45) is 5.14 Å². The van der Waals surface area contributed by atoms with Crippen LogP contribution in [0.5, 0.6) is 11.5 Å². The molecule has 0 aliphatic heterocycles. The molecule has 2 rings (SSSR count). The van der Waals surface area contributed by atoms with Crippen molar-refractivity contribution in [3.8, 4) is 11.5 Å². The SMILES string of the molecule is CCOc1ccc(NC(=O)NCCC(=O)NCCc2ccc(OS(N)(=O)=O)cc2)cc1. The Morgan fingerprint density at radius 2 is 1.58 bits per heavy atom. The van der Waals surface area contributed by atoms with Crippen molar-refractivity contribution in [3.63, 3.8) is 0 Å². The summed E-state index contributed by atoms with van der Waals surface area (Å²) in [4.78, 5) is 23.8. The van der Waals surface area contributed by atoms with Gasteiger partial charge in [0, 0.05) is 25.2 Å². The van der Waals surface area contributed by atoms with Crippen molar-refractivity contribution < 1.29 is 26.9 Å². The summed E-state index contributed by atoms with van der Waals surface area (Å²) >= 11 is 0. The van der Waals surface area contributed by atoms with E-state index in [9.17, 15) is 18.0 Å². The summed E-state index contributed by atoms with van der Waals surface area (Å²) in [5, 5.41) is 12.8. The fraction of sp³-hybridized carbons (Fsp3) is 0.300. The van der Waals surface area contributed by atoms with Gasteiger partial charge in [-0.1, -0.05) is 12.1 Å². The number of nitrogens with two attached hydrogens (primary N) is 1. The Kier molecular flexibility index (Phi) is 9.10. The van der Waals surface area contributed by atoms with Crippen LogP contribution in [0.2, 0.25) is 0 Å². The van der Waals surface area contributed by atoms with Crippen LogP contribution in [0.15, 0.2) is 48.5 Å². The Balaban J connectivity index is 1.61. The molecule has 0 fully saturated rings. The number of anilines is 1. The number of benzene rings is 2. The van der Waals surface area contributed by atoms with Crippen LogP contribution in [-0.4, -0.2) is 40.1 Å². The molecule has 3 amide bonds.